The summed E-state index contributed by atoms with van der Waals surface area (Å²) in [6.45, 7) is 10.0. The molecule has 13 heteroatoms. The molecule has 2 aromatic carbocycles. The number of benzene rings is 2. The van der Waals surface area contributed by atoms with Gasteiger partial charge in [0, 0.05) is 43.2 Å². The maximum atomic E-state index is 17.0. The number of aromatic hydroxyl groups is 1. The van der Waals surface area contributed by atoms with Gasteiger partial charge >= 0.3 is 6.01 Å². The Morgan fingerprint density at radius 1 is 1.15 bits per heavy atom. The summed E-state index contributed by atoms with van der Waals surface area (Å²) in [6.07, 6.45) is 10.1. The Balaban J connectivity index is 0.00000221. The van der Waals surface area contributed by atoms with Gasteiger partial charge in [-0.15, -0.1) is 6.42 Å². The fourth-order valence-electron chi connectivity index (χ4n) is 8.97. The van der Waals surface area contributed by atoms with Crippen LogP contribution in [0.5, 0.6) is 11.8 Å². The first-order chi connectivity index (χ1) is 26.0. The lowest BCUT2D eigenvalue weighted by atomic mass is 9.95. The van der Waals surface area contributed by atoms with E-state index in [1.807, 2.05) is 37.5 Å². The van der Waals surface area contributed by atoms with Gasteiger partial charge in [-0.1, -0.05) is 39.7 Å². The third-order valence-electron chi connectivity index (χ3n) is 11.2. The summed E-state index contributed by atoms with van der Waals surface area (Å²) in [5.41, 5.74) is -0.686. The molecule has 4 fully saturated rings. The SMILES string of the molecule is C#Cc1c(F)ccc2cc(O)cc(-c3ncc4c(N5CC6CC[C@H](C5)N6C(=O)C(=N)CC(C)C)nc(OCC56CCCN5CC(F)C6)nc4c3F)c12.CC. The van der Waals surface area contributed by atoms with Crippen molar-refractivity contribution in [2.75, 3.05) is 37.7 Å². The van der Waals surface area contributed by atoms with Gasteiger partial charge in [0.25, 0.3) is 5.91 Å². The average Bonchev–Trinajstić information content (AvgIpc) is 3.77. The molecule has 8 rings (SSSR count). The first-order valence-corrected chi connectivity index (χ1v) is 18.9. The molecule has 1 amide bonds. The van der Waals surface area contributed by atoms with Crippen LogP contribution in [0.4, 0.5) is 19.0 Å². The molecular weight excluding hydrogens is 695 g/mol. The van der Waals surface area contributed by atoms with Crippen molar-refractivity contribution in [3.05, 3.63) is 47.7 Å². The van der Waals surface area contributed by atoms with E-state index in [2.05, 4.69) is 20.8 Å². The van der Waals surface area contributed by atoms with Gasteiger partial charge in [0.15, 0.2) is 5.82 Å². The molecule has 6 heterocycles. The highest BCUT2D eigenvalue weighted by molar-refractivity contribution is 6.37. The zero-order valence-corrected chi connectivity index (χ0v) is 31.1. The van der Waals surface area contributed by atoms with Gasteiger partial charge in [-0.05, 0) is 68.2 Å². The number of terminal acetylenes is 1. The number of piperazine rings is 1. The normalized spacial score (nSPS) is 23.4. The van der Waals surface area contributed by atoms with Crippen molar-refractivity contribution in [2.45, 2.75) is 90.0 Å². The van der Waals surface area contributed by atoms with Gasteiger partial charge in [-0.3, -0.25) is 20.1 Å². The molecule has 284 valence electrons. The molecule has 4 aliphatic heterocycles. The second kappa shape index (κ2) is 14.7. The number of carbonyl (C=O) groups excluding carboxylic acids is 1. The zero-order chi connectivity index (χ0) is 38.5. The molecule has 0 saturated carbocycles. The molecule has 0 radical (unpaired) electrons. The van der Waals surface area contributed by atoms with Gasteiger partial charge in [0.05, 0.1) is 34.3 Å². The van der Waals surface area contributed by atoms with Crippen molar-refractivity contribution in [3.63, 3.8) is 0 Å². The van der Waals surface area contributed by atoms with E-state index in [1.165, 1.54) is 30.5 Å². The van der Waals surface area contributed by atoms with Gasteiger partial charge < -0.3 is 19.6 Å². The number of amides is 1. The Hall–Kier alpha value is -4.96. The first-order valence-electron chi connectivity index (χ1n) is 18.9. The summed E-state index contributed by atoms with van der Waals surface area (Å²) in [5, 5.41) is 20.0. The minimum Gasteiger partial charge on any atom is -0.508 e. The zero-order valence-electron chi connectivity index (χ0n) is 31.1. The molecular formula is C41H46F3N7O3. The predicted molar refractivity (Wildman–Crippen MR) is 203 cm³/mol. The third-order valence-corrected chi connectivity index (χ3v) is 11.2. The Bertz CT molecular complexity index is 2160. The fourth-order valence-corrected chi connectivity index (χ4v) is 8.97. The predicted octanol–water partition coefficient (Wildman–Crippen LogP) is 7.04. The second-order valence-corrected chi connectivity index (χ2v) is 15.1. The summed E-state index contributed by atoms with van der Waals surface area (Å²) in [7, 11) is 0. The summed E-state index contributed by atoms with van der Waals surface area (Å²) >= 11 is 0. The Labute approximate surface area is 313 Å². The summed E-state index contributed by atoms with van der Waals surface area (Å²) in [4.78, 5) is 33.2. The quantitative estimate of drug-likeness (QED) is 0.146. The molecule has 3 unspecified atom stereocenters. The first kappa shape index (κ1) is 37.4. The maximum absolute atomic E-state index is 17.0. The summed E-state index contributed by atoms with van der Waals surface area (Å²) in [5.74, 6) is 0.981. The molecule has 2 aromatic heterocycles. The van der Waals surface area contributed by atoms with E-state index in [4.69, 9.17) is 21.6 Å². The molecule has 2 N–H and O–H groups in total. The van der Waals surface area contributed by atoms with E-state index in [1.54, 1.807) is 0 Å². The number of fused-ring (bicyclic) bond motifs is 5. The topological polar surface area (TPSA) is 119 Å². The number of pyridine rings is 1. The highest BCUT2D eigenvalue weighted by atomic mass is 19.1. The monoisotopic (exact) mass is 741 g/mol. The molecule has 54 heavy (non-hydrogen) atoms. The van der Waals surface area contributed by atoms with Crippen molar-refractivity contribution >= 4 is 39.1 Å². The Morgan fingerprint density at radius 3 is 2.59 bits per heavy atom. The van der Waals surface area contributed by atoms with Gasteiger partial charge in [0.2, 0.25) is 0 Å². The summed E-state index contributed by atoms with van der Waals surface area (Å²) < 4.78 is 52.8. The molecule has 0 spiro atoms. The number of anilines is 1. The molecule has 4 saturated heterocycles. The smallest absolute Gasteiger partial charge is 0.319 e. The average molecular weight is 742 g/mol. The van der Waals surface area contributed by atoms with Gasteiger partial charge in [0.1, 0.15) is 41.4 Å². The molecule has 0 aliphatic carbocycles. The Kier molecular flexibility index (Phi) is 10.2. The highest BCUT2D eigenvalue weighted by Crippen LogP contribution is 2.42. The number of hydrogen-bond donors (Lipinski definition) is 2. The number of phenols is 1. The number of alkyl halides is 1. The van der Waals surface area contributed by atoms with Crippen LogP contribution in [0.3, 0.4) is 0 Å². The molecule has 4 aliphatic rings. The van der Waals surface area contributed by atoms with Crippen LogP contribution in [0.25, 0.3) is 32.9 Å². The van der Waals surface area contributed by atoms with E-state index in [-0.39, 0.29) is 75.7 Å². The minimum absolute atomic E-state index is 0.0808. The number of hydrogen-bond acceptors (Lipinski definition) is 9. The largest absolute Gasteiger partial charge is 0.508 e. The number of rotatable bonds is 8. The lowest BCUT2D eigenvalue weighted by Gasteiger charge is -2.42. The number of nitrogens with zero attached hydrogens (tertiary/aromatic N) is 6. The number of nitrogens with one attached hydrogen (secondary N) is 1. The van der Waals surface area contributed by atoms with Crippen molar-refractivity contribution in [1.82, 2.24) is 24.8 Å². The second-order valence-electron chi connectivity index (χ2n) is 15.1. The number of ether oxygens (including phenoxy) is 1. The number of carbonyl (C=O) groups is 1. The van der Waals surface area contributed by atoms with Crippen LogP contribution < -0.4 is 9.64 Å². The summed E-state index contributed by atoms with van der Waals surface area (Å²) in [6, 6.07) is 4.94. The lowest BCUT2D eigenvalue weighted by molar-refractivity contribution is -0.127. The fraction of sp³-hybridized carbons (Fsp3) is 0.488. The minimum atomic E-state index is -0.964. The van der Waals surface area contributed by atoms with E-state index in [0.29, 0.717) is 49.1 Å². The van der Waals surface area contributed by atoms with Crippen molar-refractivity contribution in [3.8, 4) is 35.4 Å². The molecule has 4 atom stereocenters. The highest BCUT2D eigenvalue weighted by Gasteiger charge is 2.50. The van der Waals surface area contributed by atoms with Crippen LogP contribution in [-0.2, 0) is 4.79 Å². The van der Waals surface area contributed by atoms with Crippen LogP contribution in [0.2, 0.25) is 0 Å². The van der Waals surface area contributed by atoms with Gasteiger partial charge in [-0.2, -0.15) is 9.97 Å². The van der Waals surface area contributed by atoms with Crippen molar-refractivity contribution in [1.29, 1.82) is 5.41 Å². The standard InChI is InChI=1S/C39H40F3N7O3.C2H6/c1-4-27-30(41)9-6-22-13-26(50)14-28(32(22)27)34-33(42)35-29(16-44-34)36(46-38(45-35)52-20-39-10-5-11-48(39)17-23(40)15-39)47-18-24-7-8-25(19-47)49(24)37(51)31(43)12-21(2)3;1-2/h1,6,9,13-14,16,21,23-25,43,50H,5,7-8,10-12,15,17-20H2,2-3H3;1-2H3/t23?,24-,25?,39?;/m1./s1. The third kappa shape index (κ3) is 6.48. The number of phenolic OH excluding ortho intramolecular Hbond substituents is 1. The maximum Gasteiger partial charge on any atom is 0.319 e. The van der Waals surface area contributed by atoms with E-state index < -0.39 is 23.3 Å². The molecule has 4 aromatic rings. The van der Waals surface area contributed by atoms with Crippen molar-refractivity contribution < 1.29 is 27.8 Å². The Morgan fingerprint density at radius 2 is 1.89 bits per heavy atom. The van der Waals surface area contributed by atoms with Crippen LogP contribution in [-0.4, -0.2) is 98.1 Å². The van der Waals surface area contributed by atoms with E-state index >= 15 is 4.39 Å². The van der Waals surface area contributed by atoms with Gasteiger partial charge in [-0.25, -0.2) is 13.2 Å². The number of aromatic nitrogens is 3. The molecule has 10 nitrogen and oxygen atoms in total. The number of halogens is 3. The lowest BCUT2D eigenvalue weighted by Crippen LogP contribution is -2.57. The van der Waals surface area contributed by atoms with Crippen molar-refractivity contribution in [2.24, 2.45) is 5.92 Å². The van der Waals surface area contributed by atoms with Crippen LogP contribution in [0.15, 0.2) is 30.5 Å². The molecule has 2 bridgehead atoms. The van der Waals surface area contributed by atoms with E-state index in [9.17, 15) is 18.7 Å². The van der Waals surface area contributed by atoms with Crippen LogP contribution in [0, 0.1) is 35.3 Å². The van der Waals surface area contributed by atoms with Crippen LogP contribution in [0.1, 0.15) is 71.8 Å². The van der Waals surface area contributed by atoms with Crippen LogP contribution >= 0.6 is 0 Å². The van der Waals surface area contributed by atoms with E-state index in [0.717, 1.165) is 32.2 Å².